The van der Waals surface area contributed by atoms with E-state index in [0.29, 0.717) is 5.82 Å². The summed E-state index contributed by atoms with van der Waals surface area (Å²) in [5.74, 6) is -0.217. The van der Waals surface area contributed by atoms with Crippen molar-refractivity contribution in [3.63, 3.8) is 0 Å². The van der Waals surface area contributed by atoms with E-state index in [9.17, 15) is 4.79 Å². The van der Waals surface area contributed by atoms with Crippen LogP contribution in [0.4, 0.5) is 0 Å². The van der Waals surface area contributed by atoms with Gasteiger partial charge in [-0.05, 0) is 37.6 Å². The summed E-state index contributed by atoms with van der Waals surface area (Å²) in [6, 6.07) is 7.76. The molecule has 5 heteroatoms. The van der Waals surface area contributed by atoms with Crippen molar-refractivity contribution in [3.05, 3.63) is 36.3 Å². The number of carbonyl (C=O) groups is 1. The Bertz CT molecular complexity index is 649. The lowest BCUT2D eigenvalue weighted by molar-refractivity contribution is -0.138. The van der Waals surface area contributed by atoms with Crippen molar-refractivity contribution in [1.29, 1.82) is 0 Å². The molecule has 1 aromatic carbocycles. The summed E-state index contributed by atoms with van der Waals surface area (Å²) >= 11 is 0. The molecule has 0 fully saturated rings. The van der Waals surface area contributed by atoms with Crippen LogP contribution in [-0.4, -0.2) is 27.7 Å². The third kappa shape index (κ3) is 5.93. The SMILES string of the molecule is CCCCCCCCOc1ccc(-c2c[nH]c(C(C)C(=O)O)n2)cc1. The number of ether oxygens (including phenoxy) is 1. The summed E-state index contributed by atoms with van der Waals surface area (Å²) in [5.41, 5.74) is 1.68. The number of hydrogen-bond acceptors (Lipinski definition) is 3. The van der Waals surface area contributed by atoms with Gasteiger partial charge in [0.15, 0.2) is 0 Å². The summed E-state index contributed by atoms with van der Waals surface area (Å²) < 4.78 is 5.77. The van der Waals surface area contributed by atoms with Crippen LogP contribution in [-0.2, 0) is 4.79 Å². The number of benzene rings is 1. The van der Waals surface area contributed by atoms with Gasteiger partial charge in [0.25, 0.3) is 0 Å². The molecule has 0 spiro atoms. The van der Waals surface area contributed by atoms with Crippen LogP contribution in [0.1, 0.15) is 64.1 Å². The monoisotopic (exact) mass is 344 g/mol. The maximum Gasteiger partial charge on any atom is 0.313 e. The van der Waals surface area contributed by atoms with E-state index in [1.807, 2.05) is 24.3 Å². The van der Waals surface area contributed by atoms with Gasteiger partial charge in [-0.1, -0.05) is 39.0 Å². The molecule has 1 atom stereocenters. The van der Waals surface area contributed by atoms with Gasteiger partial charge in [0, 0.05) is 11.8 Å². The minimum absolute atomic E-state index is 0.464. The topological polar surface area (TPSA) is 75.2 Å². The fourth-order valence-electron chi connectivity index (χ4n) is 2.62. The van der Waals surface area contributed by atoms with Crippen molar-refractivity contribution in [2.24, 2.45) is 0 Å². The van der Waals surface area contributed by atoms with Gasteiger partial charge in [-0.2, -0.15) is 0 Å². The molecule has 136 valence electrons. The first-order valence-corrected chi connectivity index (χ1v) is 9.13. The summed E-state index contributed by atoms with van der Waals surface area (Å²) in [4.78, 5) is 18.3. The second-order valence-corrected chi connectivity index (χ2v) is 6.37. The molecule has 0 bridgehead atoms. The number of carboxylic acid groups (broad SMARTS) is 1. The first-order chi connectivity index (χ1) is 12.1. The minimum atomic E-state index is -0.889. The van der Waals surface area contributed by atoms with E-state index >= 15 is 0 Å². The molecule has 2 aromatic rings. The highest BCUT2D eigenvalue weighted by Crippen LogP contribution is 2.23. The molecule has 1 heterocycles. The molecule has 0 saturated carbocycles. The zero-order valence-electron chi connectivity index (χ0n) is 15.1. The molecule has 25 heavy (non-hydrogen) atoms. The highest BCUT2D eigenvalue weighted by Gasteiger charge is 2.17. The summed E-state index contributed by atoms with van der Waals surface area (Å²) in [6.45, 7) is 4.58. The number of carboxylic acids is 1. The Morgan fingerprint density at radius 2 is 1.84 bits per heavy atom. The molecule has 0 saturated heterocycles. The number of unbranched alkanes of at least 4 members (excludes halogenated alkanes) is 5. The van der Waals surface area contributed by atoms with E-state index < -0.39 is 11.9 Å². The van der Waals surface area contributed by atoms with Gasteiger partial charge in [0.1, 0.15) is 17.5 Å². The van der Waals surface area contributed by atoms with Gasteiger partial charge in [-0.3, -0.25) is 4.79 Å². The van der Waals surface area contributed by atoms with Gasteiger partial charge < -0.3 is 14.8 Å². The van der Waals surface area contributed by atoms with E-state index in [0.717, 1.165) is 30.0 Å². The first-order valence-electron chi connectivity index (χ1n) is 9.13. The van der Waals surface area contributed by atoms with Crippen LogP contribution >= 0.6 is 0 Å². The molecule has 1 unspecified atom stereocenters. The average molecular weight is 344 g/mol. The molecular weight excluding hydrogens is 316 g/mol. The van der Waals surface area contributed by atoms with Gasteiger partial charge in [0.05, 0.1) is 12.3 Å². The van der Waals surface area contributed by atoms with Gasteiger partial charge in [0.2, 0.25) is 0 Å². The Balaban J connectivity index is 1.81. The van der Waals surface area contributed by atoms with Crippen molar-refractivity contribution in [1.82, 2.24) is 9.97 Å². The summed E-state index contributed by atoms with van der Waals surface area (Å²) in [7, 11) is 0. The highest BCUT2D eigenvalue weighted by molar-refractivity contribution is 5.74. The molecule has 0 aliphatic rings. The fraction of sp³-hybridized carbons (Fsp3) is 0.500. The second kappa shape index (κ2) is 9.87. The van der Waals surface area contributed by atoms with E-state index in [2.05, 4.69) is 16.9 Å². The van der Waals surface area contributed by atoms with E-state index in [-0.39, 0.29) is 0 Å². The molecule has 1 aromatic heterocycles. The summed E-state index contributed by atoms with van der Waals surface area (Å²) in [5, 5.41) is 9.04. The minimum Gasteiger partial charge on any atom is -0.494 e. The Kier molecular flexibility index (Phi) is 7.51. The highest BCUT2D eigenvalue weighted by atomic mass is 16.5. The molecular formula is C20H28N2O3. The number of aromatic amines is 1. The van der Waals surface area contributed by atoms with Crippen molar-refractivity contribution in [2.75, 3.05) is 6.61 Å². The predicted molar refractivity (Wildman–Crippen MR) is 98.9 cm³/mol. The molecule has 5 nitrogen and oxygen atoms in total. The third-order valence-electron chi connectivity index (χ3n) is 4.29. The second-order valence-electron chi connectivity index (χ2n) is 6.37. The Morgan fingerprint density at radius 3 is 2.52 bits per heavy atom. The lowest BCUT2D eigenvalue weighted by Gasteiger charge is -2.07. The van der Waals surface area contributed by atoms with E-state index in [1.165, 1.54) is 32.1 Å². The van der Waals surface area contributed by atoms with Crippen LogP contribution in [0.5, 0.6) is 5.75 Å². The normalized spacial score (nSPS) is 12.1. The predicted octanol–water partition coefficient (Wildman–Crippen LogP) is 5.00. The number of imidazole rings is 1. The van der Waals surface area contributed by atoms with E-state index in [4.69, 9.17) is 9.84 Å². The zero-order chi connectivity index (χ0) is 18.1. The van der Waals surface area contributed by atoms with Crippen molar-refractivity contribution < 1.29 is 14.6 Å². The standard InChI is InChI=1S/C20H28N2O3/c1-3-4-5-6-7-8-13-25-17-11-9-16(10-12-17)18-14-21-19(22-18)15(2)20(23)24/h9-12,14-15H,3-8,13H2,1-2H3,(H,21,22)(H,23,24). The maximum atomic E-state index is 11.0. The summed E-state index contributed by atoms with van der Waals surface area (Å²) in [6.07, 6.45) is 9.24. The molecule has 0 amide bonds. The number of hydrogen-bond donors (Lipinski definition) is 2. The van der Waals surface area contributed by atoms with Crippen LogP contribution in [0.25, 0.3) is 11.3 Å². The largest absolute Gasteiger partial charge is 0.494 e. The molecule has 2 N–H and O–H groups in total. The lowest BCUT2D eigenvalue weighted by Crippen LogP contribution is -2.08. The number of rotatable bonds is 11. The lowest BCUT2D eigenvalue weighted by atomic mass is 10.1. The number of aromatic nitrogens is 2. The van der Waals surface area contributed by atoms with Crippen LogP contribution in [0.3, 0.4) is 0 Å². The number of nitrogens with zero attached hydrogens (tertiary/aromatic N) is 1. The molecule has 0 aliphatic carbocycles. The average Bonchev–Trinajstić information content (AvgIpc) is 3.10. The number of H-pyrrole nitrogens is 1. The van der Waals surface area contributed by atoms with Crippen LogP contribution in [0.15, 0.2) is 30.5 Å². The van der Waals surface area contributed by atoms with Crippen molar-refractivity contribution >= 4 is 5.97 Å². The maximum absolute atomic E-state index is 11.0. The van der Waals surface area contributed by atoms with Crippen LogP contribution in [0, 0.1) is 0 Å². The molecule has 0 radical (unpaired) electrons. The molecule has 0 aliphatic heterocycles. The quantitative estimate of drug-likeness (QED) is 0.562. The third-order valence-corrected chi connectivity index (χ3v) is 4.29. The first kappa shape index (κ1) is 19.0. The Morgan fingerprint density at radius 1 is 1.16 bits per heavy atom. The smallest absolute Gasteiger partial charge is 0.313 e. The fourth-order valence-corrected chi connectivity index (χ4v) is 2.62. The van der Waals surface area contributed by atoms with Crippen molar-refractivity contribution in [2.45, 2.75) is 58.3 Å². The Hall–Kier alpha value is -2.30. The van der Waals surface area contributed by atoms with Gasteiger partial charge >= 0.3 is 5.97 Å². The molecule has 2 rings (SSSR count). The Labute approximate surface area is 149 Å². The van der Waals surface area contributed by atoms with E-state index in [1.54, 1.807) is 13.1 Å². The van der Waals surface area contributed by atoms with Gasteiger partial charge in [-0.15, -0.1) is 0 Å². The van der Waals surface area contributed by atoms with Crippen molar-refractivity contribution in [3.8, 4) is 17.0 Å². The van der Waals surface area contributed by atoms with Gasteiger partial charge in [-0.25, -0.2) is 4.98 Å². The zero-order valence-corrected chi connectivity index (χ0v) is 15.1. The number of nitrogens with one attached hydrogen (secondary N) is 1. The number of aliphatic carboxylic acids is 1. The van der Waals surface area contributed by atoms with Crippen LogP contribution < -0.4 is 4.74 Å². The van der Waals surface area contributed by atoms with Crippen LogP contribution in [0.2, 0.25) is 0 Å².